The van der Waals surface area contributed by atoms with E-state index in [1.807, 2.05) is 19.9 Å². The summed E-state index contributed by atoms with van der Waals surface area (Å²) >= 11 is 5.88. The Morgan fingerprint density at radius 2 is 2.07 bits per heavy atom. The van der Waals surface area contributed by atoms with Crippen molar-refractivity contribution in [2.24, 2.45) is 0 Å². The topological polar surface area (TPSA) is 33.0 Å². The summed E-state index contributed by atoms with van der Waals surface area (Å²) in [6.45, 7) is 3.71. The summed E-state index contributed by atoms with van der Waals surface area (Å²) in [4.78, 5) is 0. The van der Waals surface area contributed by atoms with Crippen molar-refractivity contribution in [3.8, 4) is 11.8 Å². The zero-order chi connectivity index (χ0) is 10.8. The highest BCUT2D eigenvalue weighted by molar-refractivity contribution is 6.32. The summed E-state index contributed by atoms with van der Waals surface area (Å²) in [5.74, 6) is 0.604. The normalized spacial score (nSPS) is 10.8. The van der Waals surface area contributed by atoms with Crippen LogP contribution in [0.25, 0.3) is 0 Å². The molecule has 2 nitrogen and oxygen atoms in total. The Morgan fingerprint density at radius 3 is 2.57 bits per heavy atom. The van der Waals surface area contributed by atoms with Gasteiger partial charge in [0.15, 0.2) is 0 Å². The van der Waals surface area contributed by atoms with Crippen LogP contribution >= 0.6 is 11.6 Å². The number of hydrogen-bond donors (Lipinski definition) is 0. The SMILES string of the molecule is COc1cc(C(C)(C)C#N)ccc1Cl. The van der Waals surface area contributed by atoms with Crippen molar-refractivity contribution < 1.29 is 4.74 Å². The maximum atomic E-state index is 8.96. The van der Waals surface area contributed by atoms with E-state index in [4.69, 9.17) is 21.6 Å². The maximum absolute atomic E-state index is 8.96. The van der Waals surface area contributed by atoms with Crippen molar-refractivity contribution in [2.45, 2.75) is 19.3 Å². The highest BCUT2D eigenvalue weighted by Gasteiger charge is 2.20. The van der Waals surface area contributed by atoms with Crippen LogP contribution < -0.4 is 4.74 Å². The first-order chi connectivity index (χ1) is 6.51. The van der Waals surface area contributed by atoms with Crippen LogP contribution in [-0.2, 0) is 5.41 Å². The fourth-order valence-electron chi connectivity index (χ4n) is 1.11. The number of hydrogen-bond acceptors (Lipinski definition) is 2. The molecule has 0 aliphatic heterocycles. The van der Waals surface area contributed by atoms with Gasteiger partial charge in [-0.15, -0.1) is 0 Å². The largest absolute Gasteiger partial charge is 0.495 e. The number of ether oxygens (including phenoxy) is 1. The average molecular weight is 210 g/mol. The van der Waals surface area contributed by atoms with Gasteiger partial charge in [-0.2, -0.15) is 5.26 Å². The van der Waals surface area contributed by atoms with Gasteiger partial charge in [0.05, 0.1) is 23.6 Å². The Morgan fingerprint density at radius 1 is 1.43 bits per heavy atom. The third kappa shape index (κ3) is 2.00. The summed E-state index contributed by atoms with van der Waals surface area (Å²) in [5.41, 5.74) is 0.388. The van der Waals surface area contributed by atoms with Crippen molar-refractivity contribution in [3.05, 3.63) is 28.8 Å². The summed E-state index contributed by atoms with van der Waals surface area (Å²) in [7, 11) is 1.56. The molecule has 0 amide bonds. The molecule has 0 saturated heterocycles. The standard InChI is InChI=1S/C11H12ClNO/c1-11(2,7-13)8-4-5-9(12)10(6-8)14-3/h4-6H,1-3H3. The molecule has 3 heteroatoms. The number of rotatable bonds is 2. The van der Waals surface area contributed by atoms with Gasteiger partial charge in [-0.1, -0.05) is 17.7 Å². The van der Waals surface area contributed by atoms with Gasteiger partial charge in [0, 0.05) is 0 Å². The summed E-state index contributed by atoms with van der Waals surface area (Å²) < 4.78 is 5.08. The molecule has 14 heavy (non-hydrogen) atoms. The minimum Gasteiger partial charge on any atom is -0.495 e. The number of methoxy groups -OCH3 is 1. The molecule has 0 saturated carbocycles. The molecule has 0 unspecified atom stereocenters. The quantitative estimate of drug-likeness (QED) is 0.750. The Bertz CT molecular complexity index is 379. The van der Waals surface area contributed by atoms with E-state index < -0.39 is 5.41 Å². The fraction of sp³-hybridized carbons (Fsp3) is 0.364. The van der Waals surface area contributed by atoms with E-state index in [2.05, 4.69) is 6.07 Å². The molecule has 0 atom stereocenters. The average Bonchev–Trinajstić information content (AvgIpc) is 2.18. The molecule has 1 aromatic rings. The van der Waals surface area contributed by atoms with Gasteiger partial charge >= 0.3 is 0 Å². The van der Waals surface area contributed by atoms with E-state index in [1.165, 1.54) is 0 Å². The number of nitrogens with zero attached hydrogens (tertiary/aromatic N) is 1. The lowest BCUT2D eigenvalue weighted by Crippen LogP contribution is -2.13. The van der Waals surface area contributed by atoms with Crippen LogP contribution in [0.15, 0.2) is 18.2 Å². The summed E-state index contributed by atoms with van der Waals surface area (Å²) in [5, 5.41) is 9.52. The molecule has 0 fully saturated rings. The highest BCUT2D eigenvalue weighted by atomic mass is 35.5. The second-order valence-electron chi connectivity index (χ2n) is 3.59. The third-order valence-corrected chi connectivity index (χ3v) is 2.46. The highest BCUT2D eigenvalue weighted by Crippen LogP contribution is 2.30. The van der Waals surface area contributed by atoms with Crippen LogP contribution in [0.4, 0.5) is 0 Å². The fourth-order valence-corrected chi connectivity index (χ4v) is 1.31. The summed E-state index contributed by atoms with van der Waals surface area (Å²) in [6, 6.07) is 7.61. The van der Waals surface area contributed by atoms with Crippen LogP contribution in [0.2, 0.25) is 5.02 Å². The van der Waals surface area contributed by atoms with E-state index in [-0.39, 0.29) is 0 Å². The van der Waals surface area contributed by atoms with Crippen molar-refractivity contribution in [1.82, 2.24) is 0 Å². The second-order valence-corrected chi connectivity index (χ2v) is 3.99. The first-order valence-corrected chi connectivity index (χ1v) is 4.64. The van der Waals surface area contributed by atoms with Gasteiger partial charge in [0.25, 0.3) is 0 Å². The second kappa shape index (κ2) is 3.89. The van der Waals surface area contributed by atoms with E-state index >= 15 is 0 Å². The van der Waals surface area contributed by atoms with Crippen LogP contribution in [-0.4, -0.2) is 7.11 Å². The predicted molar refractivity (Wildman–Crippen MR) is 56.6 cm³/mol. The Hall–Kier alpha value is -1.20. The molecule has 0 bridgehead atoms. The van der Waals surface area contributed by atoms with Gasteiger partial charge in [-0.3, -0.25) is 0 Å². The number of halogens is 1. The summed E-state index contributed by atoms with van der Waals surface area (Å²) in [6.07, 6.45) is 0. The monoisotopic (exact) mass is 209 g/mol. The van der Waals surface area contributed by atoms with Crippen LogP contribution in [0.5, 0.6) is 5.75 Å². The molecule has 1 rings (SSSR count). The molecular weight excluding hydrogens is 198 g/mol. The molecule has 1 aromatic carbocycles. The number of nitriles is 1. The molecule has 0 spiro atoms. The van der Waals surface area contributed by atoms with Gasteiger partial charge < -0.3 is 4.74 Å². The van der Waals surface area contributed by atoms with E-state index in [1.54, 1.807) is 19.2 Å². The lowest BCUT2D eigenvalue weighted by atomic mass is 9.86. The van der Waals surface area contributed by atoms with Gasteiger partial charge in [-0.25, -0.2) is 0 Å². The third-order valence-electron chi connectivity index (χ3n) is 2.15. The van der Waals surface area contributed by atoms with Crippen LogP contribution in [0.3, 0.4) is 0 Å². The Labute approximate surface area is 89.1 Å². The molecule has 0 aliphatic carbocycles. The molecule has 0 aromatic heterocycles. The van der Waals surface area contributed by atoms with Crippen molar-refractivity contribution >= 4 is 11.6 Å². The molecule has 0 radical (unpaired) electrons. The van der Waals surface area contributed by atoms with Gasteiger partial charge in [0.1, 0.15) is 5.75 Å². The molecule has 74 valence electrons. The smallest absolute Gasteiger partial charge is 0.137 e. The van der Waals surface area contributed by atoms with Crippen molar-refractivity contribution in [1.29, 1.82) is 5.26 Å². The lowest BCUT2D eigenvalue weighted by molar-refractivity contribution is 0.413. The lowest BCUT2D eigenvalue weighted by Gasteiger charge is -2.16. The minimum atomic E-state index is -0.516. The van der Waals surface area contributed by atoms with Gasteiger partial charge in [0.2, 0.25) is 0 Å². The minimum absolute atomic E-state index is 0.516. The molecule has 0 N–H and O–H groups in total. The van der Waals surface area contributed by atoms with Crippen LogP contribution in [0, 0.1) is 11.3 Å². The van der Waals surface area contributed by atoms with E-state index in [0.717, 1.165) is 5.56 Å². The first kappa shape index (κ1) is 10.9. The Balaban J connectivity index is 3.21. The molecule has 0 aliphatic rings. The first-order valence-electron chi connectivity index (χ1n) is 4.26. The molecular formula is C11H12ClNO. The predicted octanol–water partition coefficient (Wildman–Crippen LogP) is 3.15. The van der Waals surface area contributed by atoms with Crippen molar-refractivity contribution in [3.63, 3.8) is 0 Å². The van der Waals surface area contributed by atoms with E-state index in [0.29, 0.717) is 10.8 Å². The maximum Gasteiger partial charge on any atom is 0.137 e. The number of benzene rings is 1. The zero-order valence-corrected chi connectivity index (χ0v) is 9.22. The molecule has 0 heterocycles. The van der Waals surface area contributed by atoms with Crippen molar-refractivity contribution in [2.75, 3.05) is 7.11 Å². The van der Waals surface area contributed by atoms with E-state index in [9.17, 15) is 0 Å². The Kier molecular flexibility index (Phi) is 3.03. The zero-order valence-electron chi connectivity index (χ0n) is 8.47. The van der Waals surface area contributed by atoms with Gasteiger partial charge in [-0.05, 0) is 31.5 Å². The van der Waals surface area contributed by atoms with Crippen LogP contribution in [0.1, 0.15) is 19.4 Å².